The molecule has 15 heavy (non-hydrogen) atoms. The second-order valence-corrected chi connectivity index (χ2v) is 4.68. The van der Waals surface area contributed by atoms with Crippen LogP contribution in [0.25, 0.3) is 0 Å². The minimum atomic E-state index is -0.00933. The third-order valence-corrected chi connectivity index (χ3v) is 3.33. The fourth-order valence-corrected chi connectivity index (χ4v) is 2.09. The van der Waals surface area contributed by atoms with E-state index in [1.165, 1.54) is 12.8 Å². The maximum atomic E-state index is 11.6. The molecule has 0 spiro atoms. The lowest BCUT2D eigenvalue weighted by molar-refractivity contribution is -0.130. The number of carbonyl (C=O) groups excluding carboxylic acids is 2. The molecule has 2 fully saturated rings. The van der Waals surface area contributed by atoms with E-state index in [2.05, 4.69) is 12.2 Å². The molecule has 1 heterocycles. The highest BCUT2D eigenvalue weighted by Gasteiger charge is 2.30. The van der Waals surface area contributed by atoms with Crippen molar-refractivity contribution in [3.05, 3.63) is 0 Å². The Labute approximate surface area is 90.0 Å². The first-order valence-electron chi connectivity index (χ1n) is 5.71. The van der Waals surface area contributed by atoms with Crippen LogP contribution in [0, 0.1) is 11.8 Å². The number of rotatable bonds is 3. The molecular weight excluding hydrogens is 192 g/mol. The molecule has 1 aliphatic carbocycles. The number of hydrogen-bond acceptors (Lipinski definition) is 2. The van der Waals surface area contributed by atoms with E-state index < -0.39 is 0 Å². The van der Waals surface area contributed by atoms with Gasteiger partial charge in [0.25, 0.3) is 0 Å². The van der Waals surface area contributed by atoms with Crippen LogP contribution in [0.1, 0.15) is 26.2 Å². The zero-order valence-corrected chi connectivity index (χ0v) is 9.16. The summed E-state index contributed by atoms with van der Waals surface area (Å²) in [5.74, 6) is 1.45. The predicted octanol–water partition coefficient (Wildman–Crippen LogP) is 0.381. The highest BCUT2D eigenvalue weighted by Crippen LogP contribution is 2.36. The molecule has 4 nitrogen and oxygen atoms in total. The molecule has 1 saturated carbocycles. The highest BCUT2D eigenvalue weighted by atomic mass is 16.2. The molecule has 4 heteroatoms. The van der Waals surface area contributed by atoms with Crippen LogP contribution in [0.3, 0.4) is 0 Å². The summed E-state index contributed by atoms with van der Waals surface area (Å²) in [7, 11) is 0. The molecule has 1 aliphatic heterocycles. The van der Waals surface area contributed by atoms with Crippen molar-refractivity contribution in [2.45, 2.75) is 26.2 Å². The van der Waals surface area contributed by atoms with Gasteiger partial charge < -0.3 is 10.2 Å². The quantitative estimate of drug-likeness (QED) is 0.732. The van der Waals surface area contributed by atoms with Crippen LogP contribution in [-0.2, 0) is 9.59 Å². The van der Waals surface area contributed by atoms with E-state index in [9.17, 15) is 9.59 Å². The van der Waals surface area contributed by atoms with Crippen LogP contribution in [0.2, 0.25) is 0 Å². The van der Waals surface area contributed by atoms with E-state index in [1.807, 2.05) is 4.90 Å². The van der Waals surface area contributed by atoms with Gasteiger partial charge in [-0.2, -0.15) is 0 Å². The lowest BCUT2D eigenvalue weighted by atomic mass is 10.1. The van der Waals surface area contributed by atoms with Crippen molar-refractivity contribution in [3.63, 3.8) is 0 Å². The minimum absolute atomic E-state index is 0.00933. The average Bonchev–Trinajstić information content (AvgIpc) is 3.02. The molecule has 0 aromatic heterocycles. The fraction of sp³-hybridized carbons (Fsp3) is 0.818. The maximum Gasteiger partial charge on any atom is 0.241 e. The molecule has 0 aromatic carbocycles. The van der Waals surface area contributed by atoms with Gasteiger partial charge in [0.2, 0.25) is 11.8 Å². The zero-order valence-electron chi connectivity index (χ0n) is 9.16. The molecule has 1 saturated heterocycles. The van der Waals surface area contributed by atoms with E-state index in [4.69, 9.17) is 0 Å². The molecule has 0 radical (unpaired) electrons. The summed E-state index contributed by atoms with van der Waals surface area (Å²) in [5, 5.41) is 2.61. The van der Waals surface area contributed by atoms with Gasteiger partial charge in [-0.3, -0.25) is 9.59 Å². The summed E-state index contributed by atoms with van der Waals surface area (Å²) in [6.07, 6.45) is 3.06. The summed E-state index contributed by atoms with van der Waals surface area (Å²) >= 11 is 0. The SMILES string of the molecule is CC(CN1CCC(=O)NCC1=O)C1CC1. The van der Waals surface area contributed by atoms with Gasteiger partial charge in [0.05, 0.1) is 6.54 Å². The molecule has 1 N–H and O–H groups in total. The summed E-state index contributed by atoms with van der Waals surface area (Å²) in [6.45, 7) is 3.78. The standard InChI is InChI=1S/C11H18N2O2/c1-8(9-2-3-9)7-13-5-4-10(14)12-6-11(13)15/h8-9H,2-7H2,1H3,(H,12,14). The lowest BCUT2D eigenvalue weighted by Gasteiger charge is -2.23. The monoisotopic (exact) mass is 210 g/mol. The normalized spacial score (nSPS) is 24.7. The first-order chi connectivity index (χ1) is 7.16. The molecule has 84 valence electrons. The topological polar surface area (TPSA) is 49.4 Å². The number of carbonyl (C=O) groups is 2. The molecule has 2 aliphatic rings. The first-order valence-corrected chi connectivity index (χ1v) is 5.71. The summed E-state index contributed by atoms with van der Waals surface area (Å²) < 4.78 is 0. The van der Waals surface area contributed by atoms with Gasteiger partial charge >= 0.3 is 0 Å². The summed E-state index contributed by atoms with van der Waals surface area (Å²) in [5.41, 5.74) is 0. The van der Waals surface area contributed by atoms with Crippen LogP contribution in [0.15, 0.2) is 0 Å². The Hall–Kier alpha value is -1.06. The molecule has 0 bridgehead atoms. The van der Waals surface area contributed by atoms with E-state index in [0.29, 0.717) is 18.9 Å². The third-order valence-electron chi connectivity index (χ3n) is 3.33. The second kappa shape index (κ2) is 4.21. The van der Waals surface area contributed by atoms with Crippen molar-refractivity contribution in [2.75, 3.05) is 19.6 Å². The summed E-state index contributed by atoms with van der Waals surface area (Å²) in [6, 6.07) is 0. The highest BCUT2D eigenvalue weighted by molar-refractivity contribution is 5.87. The van der Waals surface area contributed by atoms with Gasteiger partial charge in [-0.25, -0.2) is 0 Å². The second-order valence-electron chi connectivity index (χ2n) is 4.68. The number of hydrogen-bond donors (Lipinski definition) is 1. The van der Waals surface area contributed by atoms with E-state index in [0.717, 1.165) is 12.5 Å². The zero-order chi connectivity index (χ0) is 10.8. The Kier molecular flexibility index (Phi) is 2.93. The van der Waals surface area contributed by atoms with E-state index in [1.54, 1.807) is 0 Å². The minimum Gasteiger partial charge on any atom is -0.347 e. The van der Waals surface area contributed by atoms with Crippen LogP contribution < -0.4 is 5.32 Å². The Morgan fingerprint density at radius 1 is 1.47 bits per heavy atom. The van der Waals surface area contributed by atoms with Crippen molar-refractivity contribution in [1.29, 1.82) is 0 Å². The van der Waals surface area contributed by atoms with Crippen LogP contribution >= 0.6 is 0 Å². The van der Waals surface area contributed by atoms with Gasteiger partial charge in [-0.1, -0.05) is 6.92 Å². The van der Waals surface area contributed by atoms with E-state index >= 15 is 0 Å². The van der Waals surface area contributed by atoms with Crippen LogP contribution in [0.4, 0.5) is 0 Å². The summed E-state index contributed by atoms with van der Waals surface area (Å²) in [4.78, 5) is 24.6. The molecule has 2 amide bonds. The molecule has 1 atom stereocenters. The van der Waals surface area contributed by atoms with Crippen molar-refractivity contribution in [3.8, 4) is 0 Å². The lowest BCUT2D eigenvalue weighted by Crippen LogP contribution is -2.38. The Morgan fingerprint density at radius 3 is 2.87 bits per heavy atom. The first kappa shape index (κ1) is 10.5. The molecule has 1 unspecified atom stereocenters. The van der Waals surface area contributed by atoms with Crippen molar-refractivity contribution >= 4 is 11.8 Å². The number of nitrogens with zero attached hydrogens (tertiary/aromatic N) is 1. The molecular formula is C11H18N2O2. The van der Waals surface area contributed by atoms with Gasteiger partial charge in [0.15, 0.2) is 0 Å². The fourth-order valence-electron chi connectivity index (χ4n) is 2.09. The largest absolute Gasteiger partial charge is 0.347 e. The Bertz CT molecular complexity index is 274. The Morgan fingerprint density at radius 2 is 2.20 bits per heavy atom. The van der Waals surface area contributed by atoms with Crippen LogP contribution in [-0.4, -0.2) is 36.3 Å². The molecule has 0 aromatic rings. The predicted molar refractivity (Wildman–Crippen MR) is 56.1 cm³/mol. The smallest absolute Gasteiger partial charge is 0.241 e. The van der Waals surface area contributed by atoms with Crippen molar-refractivity contribution in [2.24, 2.45) is 11.8 Å². The maximum absolute atomic E-state index is 11.6. The number of nitrogens with one attached hydrogen (secondary N) is 1. The Balaban J connectivity index is 1.88. The van der Waals surface area contributed by atoms with Gasteiger partial charge in [0.1, 0.15) is 0 Å². The van der Waals surface area contributed by atoms with Gasteiger partial charge in [-0.05, 0) is 24.7 Å². The van der Waals surface area contributed by atoms with E-state index in [-0.39, 0.29) is 18.4 Å². The average molecular weight is 210 g/mol. The molecule has 2 rings (SSSR count). The van der Waals surface area contributed by atoms with Crippen molar-refractivity contribution in [1.82, 2.24) is 10.2 Å². The van der Waals surface area contributed by atoms with Gasteiger partial charge in [-0.15, -0.1) is 0 Å². The van der Waals surface area contributed by atoms with Gasteiger partial charge in [0, 0.05) is 19.5 Å². The number of amides is 2. The third kappa shape index (κ3) is 2.70. The van der Waals surface area contributed by atoms with Crippen LogP contribution in [0.5, 0.6) is 0 Å². The van der Waals surface area contributed by atoms with Crippen molar-refractivity contribution < 1.29 is 9.59 Å².